The zero-order valence-corrected chi connectivity index (χ0v) is 43.2. The first-order valence-corrected chi connectivity index (χ1v) is 23.9. The van der Waals surface area contributed by atoms with E-state index >= 15 is 0 Å². The Morgan fingerprint density at radius 3 is 1.49 bits per heavy atom. The molecule has 2 aromatic carbocycles. The Balaban J connectivity index is 0.000000303. The first kappa shape index (κ1) is 57.0. The van der Waals surface area contributed by atoms with E-state index in [4.69, 9.17) is 11.6 Å². The molecule has 24 heteroatoms. The van der Waals surface area contributed by atoms with Crippen LogP contribution in [0.15, 0.2) is 129 Å². The standard InChI is InChI=1S/C22H25N5O4S.C15H11ClN4O4S.C7H15N.ClH.2H2S/c1-15-13-22(2,3)26(14-15)20-17(9-10-18(23-20)27-12-11-19(28)24-27)21(29)25-32(30,31)16-7-5-4-6-8-16;16-14-11(6-7-12(17-14)20-9-8-13(21)18-20)15(22)19-25(23,24)10-4-2-1-3-5-10;1-6-4-7(2,3)8-5-6;;;/h4-12,15H,13-14H2,1-3H3,(H,24,28)(H,25,29);1-9H,(H,18,21)(H,19,22);6,8H,4-5H2,1-3H3;1H;2*1H2/t15-;;6-;;;/m0.0.../s1. The van der Waals surface area contributed by atoms with Crippen molar-refractivity contribution in [3.63, 3.8) is 0 Å². The van der Waals surface area contributed by atoms with Gasteiger partial charge < -0.3 is 10.2 Å². The van der Waals surface area contributed by atoms with Crippen molar-refractivity contribution in [2.45, 2.75) is 75.3 Å². The predicted molar refractivity (Wildman–Crippen MR) is 275 cm³/mol. The number of nitrogens with zero attached hydrogens (tertiary/aromatic N) is 5. The monoisotopic (exact) mass is 1050 g/mol. The average Bonchev–Trinajstić information content (AvgIpc) is 4.03. The number of H-pyrrole nitrogens is 2. The average molecular weight is 1050 g/mol. The molecule has 68 heavy (non-hydrogen) atoms. The van der Waals surface area contributed by atoms with Crippen molar-refractivity contribution < 1.29 is 26.4 Å². The summed E-state index contributed by atoms with van der Waals surface area (Å²) in [4.78, 5) is 58.7. The number of carbonyl (C=O) groups excluding carboxylic acids is 2. The van der Waals surface area contributed by atoms with Crippen molar-refractivity contribution in [1.82, 2.24) is 44.3 Å². The molecule has 0 bridgehead atoms. The number of anilines is 1. The van der Waals surface area contributed by atoms with Gasteiger partial charge in [-0.3, -0.25) is 29.4 Å². The molecule has 2 amide bonds. The topological polar surface area (TPSA) is 243 Å². The molecule has 8 rings (SSSR count). The number of pyridine rings is 2. The lowest BCUT2D eigenvalue weighted by molar-refractivity contribution is 0.0972. The fourth-order valence-electron chi connectivity index (χ4n) is 7.72. The summed E-state index contributed by atoms with van der Waals surface area (Å²) in [5.41, 5.74) is -0.445. The highest BCUT2D eigenvalue weighted by molar-refractivity contribution is 7.90. The van der Waals surface area contributed by atoms with Crippen LogP contribution in [0.2, 0.25) is 5.15 Å². The molecule has 2 aliphatic heterocycles. The fraction of sp³-hybridized carbons (Fsp3) is 0.318. The van der Waals surface area contributed by atoms with Gasteiger partial charge in [-0.2, -0.15) is 27.0 Å². The summed E-state index contributed by atoms with van der Waals surface area (Å²) in [6.45, 7) is 14.9. The minimum Gasteiger partial charge on any atom is -0.350 e. The summed E-state index contributed by atoms with van der Waals surface area (Å²) < 4.78 is 56.6. The predicted octanol–water partition coefficient (Wildman–Crippen LogP) is 5.68. The zero-order chi connectivity index (χ0) is 47.3. The van der Waals surface area contributed by atoms with Crippen molar-refractivity contribution in [2.75, 3.05) is 18.0 Å². The lowest BCUT2D eigenvalue weighted by Crippen LogP contribution is -2.41. The van der Waals surface area contributed by atoms with Crippen molar-refractivity contribution in [3.05, 3.63) is 146 Å². The van der Waals surface area contributed by atoms with Crippen LogP contribution in [-0.2, 0) is 20.0 Å². The van der Waals surface area contributed by atoms with E-state index in [9.17, 15) is 36.0 Å². The van der Waals surface area contributed by atoms with Crippen LogP contribution in [-0.4, -0.2) is 82.3 Å². The van der Waals surface area contributed by atoms with Gasteiger partial charge in [-0.15, -0.1) is 12.4 Å². The van der Waals surface area contributed by atoms with Crippen LogP contribution in [0, 0.1) is 11.8 Å². The van der Waals surface area contributed by atoms with E-state index in [0.717, 1.165) is 12.3 Å². The second-order valence-electron chi connectivity index (χ2n) is 17.2. The van der Waals surface area contributed by atoms with Crippen LogP contribution in [0.5, 0.6) is 0 Å². The van der Waals surface area contributed by atoms with Gasteiger partial charge >= 0.3 is 0 Å². The number of rotatable bonds is 9. The van der Waals surface area contributed by atoms with E-state index in [2.05, 4.69) is 71.7 Å². The smallest absolute Gasteiger partial charge is 0.268 e. The first-order chi connectivity index (χ1) is 30.5. The van der Waals surface area contributed by atoms with Gasteiger partial charge in [0.15, 0.2) is 11.6 Å². The maximum atomic E-state index is 13.1. The minimum atomic E-state index is -4.04. The third kappa shape index (κ3) is 14.3. The summed E-state index contributed by atoms with van der Waals surface area (Å²) in [6.07, 6.45) is 5.21. The Morgan fingerprint density at radius 2 is 1.12 bits per heavy atom. The SMILES string of the molecule is C[C@@H]1CN(c2nc(-n3ccc(=O)[nH]3)ccc2C(=O)NS(=O)(=O)c2ccccc2)C(C)(C)C1.C[C@@H]1CNC(C)(C)C1.Cl.O=C(NS(=O)(=O)c1ccccc1)c1ccc(-n2ccc(=O)[nH]2)nc1Cl.S.S. The number of sulfonamides is 2. The molecule has 6 heterocycles. The van der Waals surface area contributed by atoms with Crippen molar-refractivity contribution >= 4 is 88.7 Å². The lowest BCUT2D eigenvalue weighted by Gasteiger charge is -2.34. The maximum absolute atomic E-state index is 13.1. The van der Waals surface area contributed by atoms with Gasteiger partial charge in [-0.1, -0.05) is 61.8 Å². The molecule has 2 fully saturated rings. The molecule has 0 spiro atoms. The Kier molecular flexibility index (Phi) is 19.5. The number of halogens is 2. The molecule has 4 aromatic heterocycles. The third-order valence-corrected chi connectivity index (χ3v) is 13.5. The lowest BCUT2D eigenvalue weighted by atomic mass is 9.97. The van der Waals surface area contributed by atoms with Gasteiger partial charge in [0.2, 0.25) is 0 Å². The number of nitrogens with one attached hydrogen (secondary N) is 5. The molecular formula is C44H56Cl2N10O8S4. The van der Waals surface area contributed by atoms with Crippen molar-refractivity contribution in [3.8, 4) is 11.6 Å². The second-order valence-corrected chi connectivity index (χ2v) is 20.9. The number of carbonyl (C=O) groups is 2. The molecule has 0 unspecified atom stereocenters. The van der Waals surface area contributed by atoms with Gasteiger partial charge in [-0.25, -0.2) is 45.6 Å². The molecule has 2 aliphatic rings. The van der Waals surface area contributed by atoms with Crippen LogP contribution < -0.4 is 30.8 Å². The number of hydrogen-bond acceptors (Lipinski definition) is 12. The molecule has 2 saturated heterocycles. The number of amides is 2. The number of benzene rings is 2. The summed E-state index contributed by atoms with van der Waals surface area (Å²) in [5, 5.41) is 8.35. The molecule has 6 aromatic rings. The Morgan fingerprint density at radius 1 is 0.662 bits per heavy atom. The van der Waals surface area contributed by atoms with Gasteiger partial charge in [0.25, 0.3) is 43.0 Å². The van der Waals surface area contributed by atoms with E-state index in [0.29, 0.717) is 29.6 Å². The van der Waals surface area contributed by atoms with E-state index in [1.54, 1.807) is 48.7 Å². The number of hydrogen-bond donors (Lipinski definition) is 5. The minimum absolute atomic E-state index is 0. The van der Waals surface area contributed by atoms with E-state index in [1.165, 1.54) is 83.1 Å². The normalized spacial score (nSPS) is 16.8. The van der Waals surface area contributed by atoms with Gasteiger partial charge in [0.1, 0.15) is 11.0 Å². The van der Waals surface area contributed by atoms with Crippen molar-refractivity contribution in [2.24, 2.45) is 11.8 Å². The summed E-state index contributed by atoms with van der Waals surface area (Å²) in [6, 6.07) is 23.7. The quantitative estimate of drug-likeness (QED) is 0.110. The maximum Gasteiger partial charge on any atom is 0.268 e. The molecule has 0 radical (unpaired) electrons. The Bertz CT molecular complexity index is 3020. The molecule has 18 nitrogen and oxygen atoms in total. The number of aromatic amines is 2. The summed E-state index contributed by atoms with van der Waals surface area (Å²) in [5.74, 6) is 0.630. The van der Waals surface area contributed by atoms with Gasteiger partial charge in [-0.05, 0) is 107 Å². The fourth-order valence-corrected chi connectivity index (χ4v) is 9.93. The van der Waals surface area contributed by atoms with Crippen LogP contribution in [0.3, 0.4) is 0 Å². The highest BCUT2D eigenvalue weighted by Gasteiger charge is 2.39. The van der Waals surface area contributed by atoms with E-state index in [-0.39, 0.29) is 87.9 Å². The zero-order valence-electron chi connectivity index (χ0n) is 38.0. The van der Waals surface area contributed by atoms with Crippen LogP contribution in [0.25, 0.3) is 11.6 Å². The molecule has 5 N–H and O–H groups in total. The Labute approximate surface area is 420 Å². The van der Waals surface area contributed by atoms with Crippen LogP contribution in [0.1, 0.15) is 75.1 Å². The van der Waals surface area contributed by atoms with Gasteiger partial charge in [0.05, 0.1) is 20.9 Å². The largest absolute Gasteiger partial charge is 0.350 e. The molecule has 0 saturated carbocycles. The Hall–Kier alpha value is -5.36. The molecule has 2 atom stereocenters. The van der Waals surface area contributed by atoms with Crippen LogP contribution in [0.4, 0.5) is 5.82 Å². The highest BCUT2D eigenvalue weighted by Crippen LogP contribution is 2.37. The van der Waals surface area contributed by atoms with E-state index < -0.39 is 31.9 Å². The first-order valence-electron chi connectivity index (χ1n) is 20.5. The molecule has 0 aliphatic carbocycles. The van der Waals surface area contributed by atoms with Crippen molar-refractivity contribution in [1.29, 1.82) is 0 Å². The van der Waals surface area contributed by atoms with Gasteiger partial charge in [0, 0.05) is 42.1 Å². The summed E-state index contributed by atoms with van der Waals surface area (Å²) in [7, 11) is -8.07. The van der Waals surface area contributed by atoms with E-state index in [1.807, 2.05) is 9.62 Å². The second kappa shape index (κ2) is 23.3. The third-order valence-electron chi connectivity index (χ3n) is 10.6. The highest BCUT2D eigenvalue weighted by atomic mass is 35.5. The number of aromatic nitrogens is 6. The summed E-state index contributed by atoms with van der Waals surface area (Å²) >= 11 is 5.98. The van der Waals surface area contributed by atoms with Crippen LogP contribution >= 0.6 is 51.0 Å². The molecular weight excluding hydrogens is 996 g/mol. The molecule has 368 valence electrons.